The van der Waals surface area contributed by atoms with E-state index in [9.17, 15) is 19.7 Å². The monoisotopic (exact) mass is 339 g/mol. The molecule has 0 aliphatic rings. The molecule has 0 radical (unpaired) electrons. The lowest BCUT2D eigenvalue weighted by atomic mass is 10.2. The van der Waals surface area contributed by atoms with E-state index >= 15 is 0 Å². The first-order chi connectivity index (χ1) is 11.3. The quantitative estimate of drug-likeness (QED) is 0.387. The summed E-state index contributed by atoms with van der Waals surface area (Å²) in [6.45, 7) is 4.01. The molecular formula is C16H21NO7. The van der Waals surface area contributed by atoms with Gasteiger partial charge in [-0.3, -0.25) is 19.7 Å². The van der Waals surface area contributed by atoms with E-state index in [0.717, 1.165) is 0 Å². The van der Waals surface area contributed by atoms with Gasteiger partial charge < -0.3 is 14.2 Å². The molecule has 8 nitrogen and oxygen atoms in total. The van der Waals surface area contributed by atoms with Crippen LogP contribution in [-0.2, 0) is 25.7 Å². The molecule has 1 aromatic carbocycles. The zero-order valence-corrected chi connectivity index (χ0v) is 13.9. The van der Waals surface area contributed by atoms with E-state index in [1.807, 2.05) is 13.8 Å². The van der Waals surface area contributed by atoms with Crippen LogP contribution in [0.1, 0.15) is 32.3 Å². The topological polar surface area (TPSA) is 105 Å². The molecule has 0 atom stereocenters. The molecule has 132 valence electrons. The summed E-state index contributed by atoms with van der Waals surface area (Å²) in [4.78, 5) is 33.4. The minimum atomic E-state index is -0.575. The lowest BCUT2D eigenvalue weighted by Gasteiger charge is -2.08. The molecule has 0 spiro atoms. The van der Waals surface area contributed by atoms with Crippen LogP contribution < -0.4 is 4.74 Å². The number of esters is 2. The second kappa shape index (κ2) is 9.49. The van der Waals surface area contributed by atoms with Crippen molar-refractivity contribution in [2.24, 2.45) is 5.92 Å². The number of carbonyl (C=O) groups is 2. The minimum Gasteiger partial charge on any atom is -0.490 e. The summed E-state index contributed by atoms with van der Waals surface area (Å²) in [7, 11) is 1.33. The largest absolute Gasteiger partial charge is 0.490 e. The van der Waals surface area contributed by atoms with Crippen molar-refractivity contribution in [2.45, 2.75) is 33.3 Å². The summed E-state index contributed by atoms with van der Waals surface area (Å²) in [5.41, 5.74) is 0.251. The van der Waals surface area contributed by atoms with Crippen LogP contribution in [0.4, 0.5) is 5.69 Å². The highest BCUT2D eigenvalue weighted by Gasteiger charge is 2.16. The zero-order valence-electron chi connectivity index (χ0n) is 13.9. The standard InChI is InChI=1S/C16H21NO7/c1-11(2)9-23-15(18)6-7-16(19)24-10-12-4-5-14(22-3)13(8-12)17(20)21/h4-5,8,11H,6-7,9-10H2,1-3H3. The Morgan fingerprint density at radius 3 is 2.33 bits per heavy atom. The normalized spacial score (nSPS) is 10.3. The second-order valence-corrected chi connectivity index (χ2v) is 5.50. The highest BCUT2D eigenvalue weighted by atomic mass is 16.6. The lowest BCUT2D eigenvalue weighted by molar-refractivity contribution is -0.385. The number of hydrogen-bond donors (Lipinski definition) is 0. The number of nitro benzene ring substituents is 1. The maximum atomic E-state index is 11.6. The van der Waals surface area contributed by atoms with Crippen LogP contribution >= 0.6 is 0 Å². The maximum absolute atomic E-state index is 11.6. The summed E-state index contributed by atoms with van der Waals surface area (Å²) < 4.78 is 14.8. The van der Waals surface area contributed by atoms with Crippen molar-refractivity contribution in [1.82, 2.24) is 0 Å². The van der Waals surface area contributed by atoms with Gasteiger partial charge in [-0.25, -0.2) is 0 Å². The fourth-order valence-electron chi connectivity index (χ4n) is 1.74. The van der Waals surface area contributed by atoms with Crippen molar-refractivity contribution in [3.05, 3.63) is 33.9 Å². The third kappa shape index (κ3) is 6.64. The highest BCUT2D eigenvalue weighted by Crippen LogP contribution is 2.27. The number of ether oxygens (including phenoxy) is 3. The number of benzene rings is 1. The predicted molar refractivity (Wildman–Crippen MR) is 84.5 cm³/mol. The van der Waals surface area contributed by atoms with Gasteiger partial charge in [-0.2, -0.15) is 0 Å². The molecule has 24 heavy (non-hydrogen) atoms. The van der Waals surface area contributed by atoms with Gasteiger partial charge in [0.1, 0.15) is 6.61 Å². The number of hydrogen-bond acceptors (Lipinski definition) is 7. The smallest absolute Gasteiger partial charge is 0.311 e. The Morgan fingerprint density at radius 2 is 1.79 bits per heavy atom. The zero-order chi connectivity index (χ0) is 18.1. The fourth-order valence-corrected chi connectivity index (χ4v) is 1.74. The van der Waals surface area contributed by atoms with Gasteiger partial charge >= 0.3 is 17.6 Å². The SMILES string of the molecule is COc1ccc(COC(=O)CCC(=O)OCC(C)C)cc1[N+](=O)[O-]. The Bertz CT molecular complexity index is 598. The van der Waals surface area contributed by atoms with E-state index in [4.69, 9.17) is 14.2 Å². The molecule has 0 saturated carbocycles. The molecule has 8 heteroatoms. The van der Waals surface area contributed by atoms with Crippen LogP contribution in [0.2, 0.25) is 0 Å². The van der Waals surface area contributed by atoms with Gasteiger partial charge in [0.2, 0.25) is 0 Å². The molecule has 0 heterocycles. The van der Waals surface area contributed by atoms with Gasteiger partial charge in [-0.1, -0.05) is 19.9 Å². The Morgan fingerprint density at radius 1 is 1.17 bits per heavy atom. The summed E-state index contributed by atoms with van der Waals surface area (Å²) in [6.07, 6.45) is -0.163. The van der Waals surface area contributed by atoms with Crippen LogP contribution in [0.5, 0.6) is 5.75 Å². The van der Waals surface area contributed by atoms with Gasteiger partial charge in [-0.15, -0.1) is 0 Å². The first-order valence-electron chi connectivity index (χ1n) is 7.46. The van der Waals surface area contributed by atoms with Crippen LogP contribution in [0.3, 0.4) is 0 Å². The van der Waals surface area contributed by atoms with Crippen LogP contribution in [0.25, 0.3) is 0 Å². The van der Waals surface area contributed by atoms with E-state index in [-0.39, 0.29) is 36.8 Å². The van der Waals surface area contributed by atoms with Gasteiger partial charge in [0.05, 0.1) is 31.5 Å². The Hall–Kier alpha value is -2.64. The Kier molecular flexibility index (Phi) is 7.67. The molecule has 0 aliphatic carbocycles. The highest BCUT2D eigenvalue weighted by molar-refractivity contribution is 5.77. The van der Waals surface area contributed by atoms with Crippen molar-refractivity contribution < 1.29 is 28.7 Å². The second-order valence-electron chi connectivity index (χ2n) is 5.50. The summed E-state index contributed by atoms with van der Waals surface area (Å²) in [5, 5.41) is 10.9. The molecule has 0 N–H and O–H groups in total. The minimum absolute atomic E-state index is 0.0612. The van der Waals surface area contributed by atoms with Crippen LogP contribution in [0, 0.1) is 16.0 Å². The van der Waals surface area contributed by atoms with E-state index in [1.165, 1.54) is 19.2 Å². The van der Waals surface area contributed by atoms with Gasteiger partial charge in [0.25, 0.3) is 0 Å². The molecule has 0 aromatic heterocycles. The van der Waals surface area contributed by atoms with E-state index in [1.54, 1.807) is 6.07 Å². The van der Waals surface area contributed by atoms with Crippen molar-refractivity contribution >= 4 is 17.6 Å². The number of carbonyl (C=O) groups excluding carboxylic acids is 2. The average Bonchev–Trinajstić information content (AvgIpc) is 2.55. The first-order valence-corrected chi connectivity index (χ1v) is 7.46. The van der Waals surface area contributed by atoms with Crippen molar-refractivity contribution in [3.63, 3.8) is 0 Å². The van der Waals surface area contributed by atoms with Crippen LogP contribution in [-0.4, -0.2) is 30.6 Å². The van der Waals surface area contributed by atoms with E-state index in [2.05, 4.69) is 0 Å². The molecule has 0 fully saturated rings. The number of nitrogens with zero attached hydrogens (tertiary/aromatic N) is 1. The number of rotatable bonds is 9. The van der Waals surface area contributed by atoms with Crippen molar-refractivity contribution in [1.29, 1.82) is 0 Å². The molecule has 0 saturated heterocycles. The number of methoxy groups -OCH3 is 1. The van der Waals surface area contributed by atoms with E-state index in [0.29, 0.717) is 12.2 Å². The number of nitro groups is 1. The third-order valence-electron chi connectivity index (χ3n) is 2.95. The molecular weight excluding hydrogens is 318 g/mol. The molecule has 0 aliphatic heterocycles. The molecule has 1 rings (SSSR count). The Balaban J connectivity index is 2.46. The maximum Gasteiger partial charge on any atom is 0.311 e. The Labute approximate surface area is 139 Å². The molecule has 0 amide bonds. The van der Waals surface area contributed by atoms with Crippen LogP contribution in [0.15, 0.2) is 18.2 Å². The predicted octanol–water partition coefficient (Wildman–Crippen LogP) is 2.63. The van der Waals surface area contributed by atoms with Gasteiger partial charge in [0.15, 0.2) is 5.75 Å². The summed E-state index contributed by atoms with van der Waals surface area (Å²) in [5.74, 6) is -0.676. The van der Waals surface area contributed by atoms with E-state index < -0.39 is 16.9 Å². The lowest BCUT2D eigenvalue weighted by Crippen LogP contribution is -2.13. The van der Waals surface area contributed by atoms with Gasteiger partial charge in [-0.05, 0) is 17.5 Å². The summed E-state index contributed by atoms with van der Waals surface area (Å²) in [6, 6.07) is 4.28. The molecule has 0 bridgehead atoms. The molecule has 0 unspecified atom stereocenters. The van der Waals surface area contributed by atoms with Crippen molar-refractivity contribution in [3.8, 4) is 5.75 Å². The average molecular weight is 339 g/mol. The van der Waals surface area contributed by atoms with Crippen molar-refractivity contribution in [2.75, 3.05) is 13.7 Å². The molecule has 1 aromatic rings. The van der Waals surface area contributed by atoms with Gasteiger partial charge in [0, 0.05) is 6.07 Å². The third-order valence-corrected chi connectivity index (χ3v) is 2.95. The fraction of sp³-hybridized carbons (Fsp3) is 0.500. The first kappa shape index (κ1) is 19.4. The summed E-state index contributed by atoms with van der Waals surface area (Å²) >= 11 is 0.